The molecular formula is C16H20N4O. The van der Waals surface area contributed by atoms with E-state index in [1.165, 1.54) is 25.7 Å². The van der Waals surface area contributed by atoms with Gasteiger partial charge in [-0.25, -0.2) is 0 Å². The molecule has 0 radical (unpaired) electrons. The van der Waals surface area contributed by atoms with Crippen molar-refractivity contribution < 1.29 is 4.79 Å². The minimum Gasteiger partial charge on any atom is -0.399 e. The van der Waals surface area contributed by atoms with Crippen LogP contribution in [0, 0.1) is 0 Å². The van der Waals surface area contributed by atoms with Gasteiger partial charge in [0, 0.05) is 23.4 Å². The zero-order valence-electron chi connectivity index (χ0n) is 11.9. The molecule has 5 heteroatoms. The molecule has 1 aliphatic carbocycles. The van der Waals surface area contributed by atoms with E-state index in [9.17, 15) is 4.79 Å². The fraction of sp³-hybridized carbons (Fsp3) is 0.375. The zero-order chi connectivity index (χ0) is 14.7. The molecule has 1 aromatic heterocycles. The maximum atomic E-state index is 12.0. The van der Waals surface area contributed by atoms with E-state index in [0.29, 0.717) is 23.8 Å². The predicted octanol–water partition coefficient (Wildman–Crippen LogP) is 2.83. The molecule has 0 unspecified atom stereocenters. The molecule has 1 fully saturated rings. The van der Waals surface area contributed by atoms with E-state index in [4.69, 9.17) is 5.73 Å². The Kier molecular flexibility index (Phi) is 3.90. The van der Waals surface area contributed by atoms with Crippen molar-refractivity contribution in [1.82, 2.24) is 10.2 Å². The highest BCUT2D eigenvalue weighted by atomic mass is 16.1. The average molecular weight is 284 g/mol. The number of benzene rings is 1. The molecule has 0 bridgehead atoms. The summed E-state index contributed by atoms with van der Waals surface area (Å²) in [6, 6.07) is 9.29. The molecule has 2 aromatic rings. The van der Waals surface area contributed by atoms with Crippen molar-refractivity contribution in [2.45, 2.75) is 38.0 Å². The Morgan fingerprint density at radius 2 is 2.00 bits per heavy atom. The van der Waals surface area contributed by atoms with Crippen LogP contribution in [0.4, 0.5) is 11.5 Å². The lowest BCUT2D eigenvalue weighted by Gasteiger charge is -2.04. The summed E-state index contributed by atoms with van der Waals surface area (Å²) in [4.78, 5) is 12.0. The fourth-order valence-electron chi connectivity index (χ4n) is 2.85. The quantitative estimate of drug-likeness (QED) is 0.755. The topological polar surface area (TPSA) is 83.8 Å². The third-order valence-corrected chi connectivity index (χ3v) is 4.00. The summed E-state index contributed by atoms with van der Waals surface area (Å²) >= 11 is 0. The normalized spacial score (nSPS) is 15.2. The van der Waals surface area contributed by atoms with Crippen molar-refractivity contribution in [3.05, 3.63) is 41.6 Å². The summed E-state index contributed by atoms with van der Waals surface area (Å²) < 4.78 is 0. The first-order valence-electron chi connectivity index (χ1n) is 7.40. The standard InChI is InChI=1S/C16H20N4O/c17-13-7-5-11(6-8-13)9-16(21)18-15-10-14(19-20-15)12-3-1-2-4-12/h5-8,10,12H,1-4,9,17H2,(H2,18,19,20,21). The zero-order valence-corrected chi connectivity index (χ0v) is 11.9. The van der Waals surface area contributed by atoms with E-state index in [1.54, 1.807) is 12.1 Å². The van der Waals surface area contributed by atoms with E-state index in [0.717, 1.165) is 11.3 Å². The molecule has 1 aromatic carbocycles. The first-order chi connectivity index (χ1) is 10.2. The van der Waals surface area contributed by atoms with Gasteiger partial charge in [0.1, 0.15) is 0 Å². The maximum Gasteiger partial charge on any atom is 0.229 e. The average Bonchev–Trinajstić information content (AvgIpc) is 3.12. The summed E-state index contributed by atoms with van der Waals surface area (Å²) in [5.41, 5.74) is 8.40. The molecule has 1 aliphatic rings. The van der Waals surface area contributed by atoms with E-state index in [1.807, 2.05) is 18.2 Å². The van der Waals surface area contributed by atoms with E-state index in [2.05, 4.69) is 15.5 Å². The minimum atomic E-state index is -0.0655. The van der Waals surface area contributed by atoms with Crippen molar-refractivity contribution in [2.24, 2.45) is 0 Å². The lowest BCUT2D eigenvalue weighted by Crippen LogP contribution is -2.14. The van der Waals surface area contributed by atoms with Crippen LogP contribution in [0.1, 0.15) is 42.9 Å². The van der Waals surface area contributed by atoms with Crippen molar-refractivity contribution in [3.8, 4) is 0 Å². The SMILES string of the molecule is Nc1ccc(CC(=O)Nc2cc(C3CCCC3)[nH]n2)cc1. The van der Waals surface area contributed by atoms with Gasteiger partial charge in [-0.15, -0.1) is 0 Å². The van der Waals surface area contributed by atoms with Crippen molar-refractivity contribution >= 4 is 17.4 Å². The van der Waals surface area contributed by atoms with Gasteiger partial charge in [0.2, 0.25) is 5.91 Å². The molecule has 0 saturated heterocycles. The highest BCUT2D eigenvalue weighted by Gasteiger charge is 2.19. The second-order valence-electron chi connectivity index (χ2n) is 5.66. The second-order valence-corrected chi connectivity index (χ2v) is 5.66. The third-order valence-electron chi connectivity index (χ3n) is 4.00. The number of aromatic amines is 1. The smallest absolute Gasteiger partial charge is 0.229 e. The second kappa shape index (κ2) is 5.99. The van der Waals surface area contributed by atoms with Crippen LogP contribution in [-0.4, -0.2) is 16.1 Å². The number of nitrogen functional groups attached to an aromatic ring is 1. The number of amides is 1. The summed E-state index contributed by atoms with van der Waals surface area (Å²) in [5.74, 6) is 1.11. The lowest BCUT2D eigenvalue weighted by molar-refractivity contribution is -0.115. The summed E-state index contributed by atoms with van der Waals surface area (Å²) in [5, 5.41) is 10.1. The van der Waals surface area contributed by atoms with E-state index >= 15 is 0 Å². The number of nitrogens with one attached hydrogen (secondary N) is 2. The Labute approximate surface area is 123 Å². The number of carbonyl (C=O) groups excluding carboxylic acids is 1. The van der Waals surface area contributed by atoms with Gasteiger partial charge in [0.25, 0.3) is 0 Å². The number of hydrogen-bond donors (Lipinski definition) is 3. The number of aromatic nitrogens is 2. The molecule has 21 heavy (non-hydrogen) atoms. The number of H-pyrrole nitrogens is 1. The molecule has 5 nitrogen and oxygen atoms in total. The van der Waals surface area contributed by atoms with Gasteiger partial charge in [-0.1, -0.05) is 25.0 Å². The molecule has 0 spiro atoms. The van der Waals surface area contributed by atoms with Crippen LogP contribution in [0.2, 0.25) is 0 Å². The van der Waals surface area contributed by atoms with Crippen molar-refractivity contribution in [1.29, 1.82) is 0 Å². The Bertz CT molecular complexity index is 611. The van der Waals surface area contributed by atoms with Crippen LogP contribution >= 0.6 is 0 Å². The Morgan fingerprint density at radius 3 is 2.71 bits per heavy atom. The number of anilines is 2. The van der Waals surface area contributed by atoms with Gasteiger partial charge in [0.05, 0.1) is 6.42 Å². The van der Waals surface area contributed by atoms with Crippen LogP contribution in [0.3, 0.4) is 0 Å². The Hall–Kier alpha value is -2.30. The molecule has 0 atom stereocenters. The van der Waals surface area contributed by atoms with Crippen molar-refractivity contribution in [3.63, 3.8) is 0 Å². The van der Waals surface area contributed by atoms with Gasteiger partial charge in [-0.2, -0.15) is 5.10 Å². The molecule has 1 heterocycles. The van der Waals surface area contributed by atoms with Crippen LogP contribution in [0.5, 0.6) is 0 Å². The summed E-state index contributed by atoms with van der Waals surface area (Å²) in [6.07, 6.45) is 5.30. The maximum absolute atomic E-state index is 12.0. The first kappa shape index (κ1) is 13.7. The molecule has 0 aliphatic heterocycles. The largest absolute Gasteiger partial charge is 0.399 e. The molecule has 110 valence electrons. The molecule has 1 amide bonds. The number of hydrogen-bond acceptors (Lipinski definition) is 3. The Balaban J connectivity index is 1.58. The van der Waals surface area contributed by atoms with Gasteiger partial charge < -0.3 is 11.1 Å². The Morgan fingerprint density at radius 1 is 1.29 bits per heavy atom. The van der Waals surface area contributed by atoms with Crippen LogP contribution in [-0.2, 0) is 11.2 Å². The fourth-order valence-corrected chi connectivity index (χ4v) is 2.85. The van der Waals surface area contributed by atoms with Crippen LogP contribution < -0.4 is 11.1 Å². The third kappa shape index (κ3) is 3.42. The van der Waals surface area contributed by atoms with Crippen LogP contribution in [0.25, 0.3) is 0 Å². The summed E-state index contributed by atoms with van der Waals surface area (Å²) in [7, 11) is 0. The minimum absolute atomic E-state index is 0.0655. The lowest BCUT2D eigenvalue weighted by atomic mass is 10.0. The molecule has 3 rings (SSSR count). The van der Waals surface area contributed by atoms with Gasteiger partial charge >= 0.3 is 0 Å². The summed E-state index contributed by atoms with van der Waals surface area (Å²) in [6.45, 7) is 0. The van der Waals surface area contributed by atoms with E-state index < -0.39 is 0 Å². The first-order valence-corrected chi connectivity index (χ1v) is 7.40. The predicted molar refractivity (Wildman–Crippen MR) is 83.0 cm³/mol. The molecule has 1 saturated carbocycles. The highest BCUT2D eigenvalue weighted by molar-refractivity contribution is 5.91. The van der Waals surface area contributed by atoms with Crippen LogP contribution in [0.15, 0.2) is 30.3 Å². The number of nitrogens with zero attached hydrogens (tertiary/aromatic N) is 1. The highest BCUT2D eigenvalue weighted by Crippen LogP contribution is 2.33. The van der Waals surface area contributed by atoms with E-state index in [-0.39, 0.29) is 5.91 Å². The number of rotatable bonds is 4. The van der Waals surface area contributed by atoms with Gasteiger partial charge in [-0.3, -0.25) is 9.89 Å². The molecule has 4 N–H and O–H groups in total. The monoisotopic (exact) mass is 284 g/mol. The number of carbonyl (C=O) groups is 1. The molecular weight excluding hydrogens is 264 g/mol. The van der Waals surface area contributed by atoms with Gasteiger partial charge in [-0.05, 0) is 30.5 Å². The van der Waals surface area contributed by atoms with Gasteiger partial charge in [0.15, 0.2) is 5.82 Å². The van der Waals surface area contributed by atoms with Crippen molar-refractivity contribution in [2.75, 3.05) is 11.1 Å². The number of nitrogens with two attached hydrogens (primary N) is 1.